The number of anilines is 1. The Kier molecular flexibility index (Phi) is 5.01. The Morgan fingerprint density at radius 2 is 1.54 bits per heavy atom. The molecule has 3 aromatic rings. The molecule has 6 heteroatoms. The first-order valence-corrected chi connectivity index (χ1v) is 9.28. The molecule has 0 spiro atoms. The average Bonchev–Trinajstić information content (AvgIpc) is 2.67. The minimum atomic E-state index is -3.99. The van der Waals surface area contributed by atoms with Gasteiger partial charge in [0, 0.05) is 0 Å². The summed E-state index contributed by atoms with van der Waals surface area (Å²) in [6, 6.07) is 22.7. The van der Waals surface area contributed by atoms with Gasteiger partial charge in [0.15, 0.2) is 0 Å². The van der Waals surface area contributed by atoms with E-state index in [1.165, 1.54) is 10.4 Å². The third-order valence-corrected chi connectivity index (χ3v) is 5.63. The Hall–Kier alpha value is -3.17. The largest absolute Gasteiger partial charge is 0.264 e. The highest BCUT2D eigenvalue weighted by molar-refractivity contribution is 7.92. The van der Waals surface area contributed by atoms with Crippen LogP contribution in [-0.2, 0) is 16.6 Å². The number of para-hydroxylation sites is 1. The quantitative estimate of drug-likeness (QED) is 0.683. The van der Waals surface area contributed by atoms with Gasteiger partial charge >= 0.3 is 0 Å². The van der Waals surface area contributed by atoms with E-state index in [-0.39, 0.29) is 17.0 Å². The topological polar surface area (TPSA) is 61.2 Å². The van der Waals surface area contributed by atoms with Crippen LogP contribution in [0.2, 0.25) is 0 Å². The fourth-order valence-electron chi connectivity index (χ4n) is 2.54. The Balaban J connectivity index is 2.10. The van der Waals surface area contributed by atoms with E-state index in [4.69, 9.17) is 5.26 Å². The second-order valence-corrected chi connectivity index (χ2v) is 7.45. The van der Waals surface area contributed by atoms with Crippen LogP contribution in [0.1, 0.15) is 11.1 Å². The predicted molar refractivity (Wildman–Crippen MR) is 97.4 cm³/mol. The molecule has 0 aliphatic heterocycles. The summed E-state index contributed by atoms with van der Waals surface area (Å²) in [5.41, 5.74) is 0.987. The van der Waals surface area contributed by atoms with Crippen molar-refractivity contribution in [3.05, 3.63) is 95.8 Å². The highest BCUT2D eigenvalue weighted by Crippen LogP contribution is 2.26. The zero-order valence-electron chi connectivity index (χ0n) is 13.7. The van der Waals surface area contributed by atoms with Gasteiger partial charge in [-0.25, -0.2) is 12.8 Å². The summed E-state index contributed by atoms with van der Waals surface area (Å²) in [6.07, 6.45) is 0. The fraction of sp³-hybridized carbons (Fsp3) is 0.0500. The van der Waals surface area contributed by atoms with Crippen molar-refractivity contribution in [2.45, 2.75) is 11.4 Å². The molecule has 0 amide bonds. The molecule has 4 nitrogen and oxygen atoms in total. The number of halogens is 1. The van der Waals surface area contributed by atoms with Crippen LogP contribution in [0.5, 0.6) is 0 Å². The van der Waals surface area contributed by atoms with Gasteiger partial charge in [-0.1, -0.05) is 48.5 Å². The second-order valence-electron chi connectivity index (χ2n) is 5.59. The molecule has 0 aliphatic rings. The molecule has 0 bridgehead atoms. The number of nitriles is 1. The smallest absolute Gasteiger partial charge is 0.262 e. The van der Waals surface area contributed by atoms with E-state index in [2.05, 4.69) is 0 Å². The predicted octanol–water partition coefficient (Wildman–Crippen LogP) is 4.09. The van der Waals surface area contributed by atoms with Gasteiger partial charge in [0.2, 0.25) is 0 Å². The van der Waals surface area contributed by atoms with Gasteiger partial charge in [0.05, 0.1) is 22.7 Å². The Morgan fingerprint density at radius 3 is 2.15 bits per heavy atom. The van der Waals surface area contributed by atoms with Crippen molar-refractivity contribution in [2.75, 3.05) is 4.31 Å². The van der Waals surface area contributed by atoms with Crippen LogP contribution in [0.3, 0.4) is 0 Å². The van der Waals surface area contributed by atoms with Crippen LogP contribution in [0.15, 0.2) is 83.8 Å². The molecule has 0 saturated heterocycles. The number of nitrogens with zero attached hydrogens (tertiary/aromatic N) is 2. The molecule has 0 radical (unpaired) electrons. The molecule has 0 atom stereocenters. The Morgan fingerprint density at radius 1 is 0.923 bits per heavy atom. The maximum absolute atomic E-state index is 13.6. The van der Waals surface area contributed by atoms with Crippen molar-refractivity contribution in [1.82, 2.24) is 0 Å². The van der Waals surface area contributed by atoms with Gasteiger partial charge in [-0.2, -0.15) is 5.26 Å². The SMILES string of the molecule is N#Cc1cc(S(=O)(=O)N(Cc2ccccc2)c2ccccc2)ccc1F. The molecule has 3 rings (SSSR count). The average molecular weight is 366 g/mol. The third-order valence-electron chi connectivity index (χ3n) is 3.86. The van der Waals surface area contributed by atoms with Crippen LogP contribution < -0.4 is 4.31 Å². The highest BCUT2D eigenvalue weighted by atomic mass is 32.2. The molecule has 0 heterocycles. The number of rotatable bonds is 5. The molecular weight excluding hydrogens is 351 g/mol. The molecule has 3 aromatic carbocycles. The van der Waals surface area contributed by atoms with Crippen molar-refractivity contribution >= 4 is 15.7 Å². The van der Waals surface area contributed by atoms with Gasteiger partial charge in [0.1, 0.15) is 11.9 Å². The summed E-state index contributed by atoms with van der Waals surface area (Å²) in [6.45, 7) is 0.118. The molecule has 0 saturated carbocycles. The molecule has 0 fully saturated rings. The van der Waals surface area contributed by atoms with E-state index in [1.54, 1.807) is 36.4 Å². The Bertz CT molecular complexity index is 1050. The molecule has 0 unspecified atom stereocenters. The summed E-state index contributed by atoms with van der Waals surface area (Å²) in [5, 5.41) is 9.00. The minimum absolute atomic E-state index is 0.118. The Labute approximate surface area is 151 Å². The van der Waals surface area contributed by atoms with E-state index in [0.717, 1.165) is 17.7 Å². The lowest BCUT2D eigenvalue weighted by Crippen LogP contribution is -2.30. The van der Waals surface area contributed by atoms with E-state index < -0.39 is 15.8 Å². The van der Waals surface area contributed by atoms with E-state index in [0.29, 0.717) is 5.69 Å². The molecule has 130 valence electrons. The van der Waals surface area contributed by atoms with Crippen molar-refractivity contribution in [1.29, 1.82) is 5.26 Å². The molecule has 0 aliphatic carbocycles. The first-order valence-electron chi connectivity index (χ1n) is 7.84. The van der Waals surface area contributed by atoms with Crippen molar-refractivity contribution in [3.8, 4) is 6.07 Å². The number of benzene rings is 3. The van der Waals surface area contributed by atoms with Crippen LogP contribution in [0, 0.1) is 17.1 Å². The molecular formula is C20H15FN2O2S. The van der Waals surface area contributed by atoms with E-state index in [1.807, 2.05) is 30.3 Å². The van der Waals surface area contributed by atoms with Gasteiger partial charge in [-0.15, -0.1) is 0 Å². The lowest BCUT2D eigenvalue weighted by molar-refractivity contribution is 0.589. The van der Waals surface area contributed by atoms with Gasteiger partial charge in [-0.05, 0) is 35.9 Å². The number of hydrogen-bond donors (Lipinski definition) is 0. The number of sulfonamides is 1. The second kappa shape index (κ2) is 7.38. The normalized spacial score (nSPS) is 10.9. The first kappa shape index (κ1) is 17.6. The summed E-state index contributed by atoms with van der Waals surface area (Å²) in [7, 11) is -3.99. The van der Waals surface area contributed by atoms with E-state index >= 15 is 0 Å². The molecule has 0 aromatic heterocycles. The molecule has 26 heavy (non-hydrogen) atoms. The lowest BCUT2D eigenvalue weighted by Gasteiger charge is -2.25. The van der Waals surface area contributed by atoms with Crippen LogP contribution in [0.25, 0.3) is 0 Å². The van der Waals surface area contributed by atoms with E-state index in [9.17, 15) is 12.8 Å². The lowest BCUT2D eigenvalue weighted by atomic mass is 10.2. The zero-order chi connectivity index (χ0) is 18.6. The summed E-state index contributed by atoms with van der Waals surface area (Å²) in [4.78, 5) is -0.129. The highest BCUT2D eigenvalue weighted by Gasteiger charge is 2.26. The summed E-state index contributed by atoms with van der Waals surface area (Å²) >= 11 is 0. The van der Waals surface area contributed by atoms with Crippen LogP contribution in [0.4, 0.5) is 10.1 Å². The fourth-order valence-corrected chi connectivity index (χ4v) is 4.02. The number of hydrogen-bond acceptors (Lipinski definition) is 3. The van der Waals surface area contributed by atoms with Crippen LogP contribution in [-0.4, -0.2) is 8.42 Å². The summed E-state index contributed by atoms with van der Waals surface area (Å²) in [5.74, 6) is -0.749. The van der Waals surface area contributed by atoms with Gasteiger partial charge in [-0.3, -0.25) is 4.31 Å². The first-order chi connectivity index (χ1) is 12.5. The minimum Gasteiger partial charge on any atom is -0.262 e. The van der Waals surface area contributed by atoms with Crippen LogP contribution >= 0.6 is 0 Å². The van der Waals surface area contributed by atoms with Gasteiger partial charge in [0.25, 0.3) is 10.0 Å². The van der Waals surface area contributed by atoms with Gasteiger partial charge < -0.3 is 0 Å². The summed E-state index contributed by atoms with van der Waals surface area (Å²) < 4.78 is 41.3. The standard InChI is InChI=1S/C20H15FN2O2S/c21-20-12-11-19(13-17(20)14-22)26(24,25)23(18-9-5-2-6-10-18)15-16-7-3-1-4-8-16/h1-13H,15H2. The molecule has 0 N–H and O–H groups in total. The van der Waals surface area contributed by atoms with Crippen molar-refractivity contribution in [3.63, 3.8) is 0 Å². The zero-order valence-corrected chi connectivity index (χ0v) is 14.5. The van der Waals surface area contributed by atoms with Crippen molar-refractivity contribution in [2.24, 2.45) is 0 Å². The third kappa shape index (κ3) is 3.58. The maximum Gasteiger partial charge on any atom is 0.264 e. The monoisotopic (exact) mass is 366 g/mol. The maximum atomic E-state index is 13.6. The van der Waals surface area contributed by atoms with Crippen molar-refractivity contribution < 1.29 is 12.8 Å².